The Labute approximate surface area is 83.3 Å². The first kappa shape index (κ1) is 9.68. The van der Waals surface area contributed by atoms with Crippen LogP contribution in [0.25, 0.3) is 0 Å². The number of aromatic nitrogens is 1. The summed E-state index contributed by atoms with van der Waals surface area (Å²) in [5, 5.41) is 8.60. The van der Waals surface area contributed by atoms with Crippen LogP contribution >= 0.6 is 15.9 Å². The van der Waals surface area contributed by atoms with E-state index in [0.717, 1.165) is 0 Å². The number of halogens is 1. The first-order chi connectivity index (χ1) is 6.20. The van der Waals surface area contributed by atoms with Gasteiger partial charge in [-0.2, -0.15) is 5.26 Å². The van der Waals surface area contributed by atoms with Crippen LogP contribution in [0.5, 0.6) is 0 Å². The van der Waals surface area contributed by atoms with Gasteiger partial charge in [0.15, 0.2) is 5.69 Å². The summed E-state index contributed by atoms with van der Waals surface area (Å²) in [6.45, 7) is 0. The van der Waals surface area contributed by atoms with Crippen LogP contribution in [-0.2, 0) is 4.74 Å². The van der Waals surface area contributed by atoms with E-state index >= 15 is 0 Å². The molecule has 0 radical (unpaired) electrons. The highest BCUT2D eigenvalue weighted by molar-refractivity contribution is 9.10. The van der Waals surface area contributed by atoms with E-state index in [0.29, 0.717) is 10.0 Å². The zero-order valence-electron chi connectivity index (χ0n) is 6.74. The van der Waals surface area contributed by atoms with Crippen LogP contribution in [0.2, 0.25) is 0 Å². The van der Waals surface area contributed by atoms with Gasteiger partial charge in [0.05, 0.1) is 17.1 Å². The molecule has 0 aliphatic carbocycles. The Morgan fingerprint density at radius 1 is 1.77 bits per heavy atom. The zero-order chi connectivity index (χ0) is 9.84. The van der Waals surface area contributed by atoms with Crippen LogP contribution in [0.3, 0.4) is 0 Å². The van der Waals surface area contributed by atoms with Crippen molar-refractivity contribution in [2.75, 3.05) is 7.11 Å². The molecule has 13 heavy (non-hydrogen) atoms. The van der Waals surface area contributed by atoms with Crippen molar-refractivity contribution in [3.8, 4) is 6.07 Å². The van der Waals surface area contributed by atoms with Gasteiger partial charge in [-0.25, -0.2) is 9.78 Å². The van der Waals surface area contributed by atoms with Crippen molar-refractivity contribution < 1.29 is 9.53 Å². The largest absolute Gasteiger partial charge is 0.465 e. The van der Waals surface area contributed by atoms with E-state index in [1.165, 1.54) is 19.4 Å². The van der Waals surface area contributed by atoms with Gasteiger partial charge >= 0.3 is 5.97 Å². The normalized spacial score (nSPS) is 9.00. The molecule has 0 amide bonds. The molecule has 66 valence electrons. The summed E-state index contributed by atoms with van der Waals surface area (Å²) >= 11 is 3.10. The van der Waals surface area contributed by atoms with Gasteiger partial charge in [-0.05, 0) is 22.0 Å². The predicted molar refractivity (Wildman–Crippen MR) is 48.0 cm³/mol. The van der Waals surface area contributed by atoms with E-state index in [9.17, 15) is 4.79 Å². The van der Waals surface area contributed by atoms with Crippen LogP contribution in [0.4, 0.5) is 0 Å². The number of rotatable bonds is 1. The third-order valence-corrected chi connectivity index (χ3v) is 2.20. The summed E-state index contributed by atoms with van der Waals surface area (Å²) in [7, 11) is 1.28. The third-order valence-electron chi connectivity index (χ3n) is 1.40. The van der Waals surface area contributed by atoms with Crippen molar-refractivity contribution in [1.29, 1.82) is 5.26 Å². The summed E-state index contributed by atoms with van der Waals surface area (Å²) < 4.78 is 4.88. The highest BCUT2D eigenvalue weighted by atomic mass is 79.9. The SMILES string of the molecule is COC(=O)c1ccnc(C#N)c1Br. The maximum Gasteiger partial charge on any atom is 0.339 e. The first-order valence-electron chi connectivity index (χ1n) is 3.33. The molecule has 0 aromatic carbocycles. The fraction of sp³-hybridized carbons (Fsp3) is 0.125. The number of esters is 1. The van der Waals surface area contributed by atoms with Gasteiger partial charge < -0.3 is 4.74 Å². The quantitative estimate of drug-likeness (QED) is 0.699. The van der Waals surface area contributed by atoms with Gasteiger partial charge in [-0.3, -0.25) is 0 Å². The van der Waals surface area contributed by atoms with Crippen molar-refractivity contribution in [3.63, 3.8) is 0 Å². The number of pyridine rings is 1. The number of hydrogen-bond donors (Lipinski definition) is 0. The molecule has 0 unspecified atom stereocenters. The Balaban J connectivity index is 3.25. The minimum atomic E-state index is -0.495. The van der Waals surface area contributed by atoms with Gasteiger partial charge in [-0.15, -0.1) is 0 Å². The molecule has 0 bridgehead atoms. The lowest BCUT2D eigenvalue weighted by atomic mass is 10.2. The molecule has 0 fully saturated rings. The van der Waals surface area contributed by atoms with Crippen molar-refractivity contribution in [1.82, 2.24) is 4.98 Å². The lowest BCUT2D eigenvalue weighted by Gasteiger charge is -2.01. The molecule has 1 aromatic rings. The minimum Gasteiger partial charge on any atom is -0.465 e. The summed E-state index contributed by atoms with van der Waals surface area (Å²) in [6.07, 6.45) is 1.38. The Hall–Kier alpha value is -1.41. The van der Waals surface area contributed by atoms with Crippen LogP contribution in [0.15, 0.2) is 16.7 Å². The standard InChI is InChI=1S/C8H5BrN2O2/c1-13-8(12)5-2-3-11-6(4-10)7(5)9/h2-3H,1H3. The summed E-state index contributed by atoms with van der Waals surface area (Å²) in [5.74, 6) is -0.495. The number of hydrogen-bond acceptors (Lipinski definition) is 4. The number of nitrogens with zero attached hydrogens (tertiary/aromatic N) is 2. The molecule has 1 rings (SSSR count). The summed E-state index contributed by atoms with van der Waals surface area (Å²) in [4.78, 5) is 14.9. The Kier molecular flexibility index (Phi) is 2.98. The van der Waals surface area contributed by atoms with Gasteiger partial charge in [0.2, 0.25) is 0 Å². The van der Waals surface area contributed by atoms with Crippen molar-refractivity contribution in [2.45, 2.75) is 0 Å². The molecule has 1 aromatic heterocycles. The Morgan fingerprint density at radius 3 is 3.00 bits per heavy atom. The maximum atomic E-state index is 11.1. The van der Waals surface area contributed by atoms with E-state index < -0.39 is 5.97 Å². The second kappa shape index (κ2) is 4.01. The van der Waals surface area contributed by atoms with Crippen LogP contribution in [0.1, 0.15) is 16.1 Å². The van der Waals surface area contributed by atoms with E-state index in [-0.39, 0.29) is 5.69 Å². The van der Waals surface area contributed by atoms with Crippen LogP contribution in [-0.4, -0.2) is 18.1 Å². The molecular weight excluding hydrogens is 236 g/mol. The average Bonchev–Trinajstić information content (AvgIpc) is 2.17. The fourth-order valence-corrected chi connectivity index (χ4v) is 1.27. The lowest BCUT2D eigenvalue weighted by Crippen LogP contribution is -2.03. The van der Waals surface area contributed by atoms with E-state index in [4.69, 9.17) is 5.26 Å². The van der Waals surface area contributed by atoms with Gasteiger partial charge in [0.25, 0.3) is 0 Å². The van der Waals surface area contributed by atoms with Gasteiger partial charge in [0.1, 0.15) is 6.07 Å². The molecule has 4 nitrogen and oxygen atoms in total. The van der Waals surface area contributed by atoms with E-state index in [1.807, 2.05) is 6.07 Å². The number of nitriles is 1. The second-order valence-electron chi connectivity index (χ2n) is 2.12. The lowest BCUT2D eigenvalue weighted by molar-refractivity contribution is 0.0599. The number of carbonyl (C=O) groups excluding carboxylic acids is 1. The Bertz CT molecular complexity index is 384. The van der Waals surface area contributed by atoms with Gasteiger partial charge in [-0.1, -0.05) is 0 Å². The molecule has 0 N–H and O–H groups in total. The molecule has 0 saturated carbocycles. The molecule has 0 aliphatic heterocycles. The number of ether oxygens (including phenoxy) is 1. The summed E-state index contributed by atoms with van der Waals surface area (Å²) in [6, 6.07) is 3.33. The highest BCUT2D eigenvalue weighted by Crippen LogP contribution is 2.19. The topological polar surface area (TPSA) is 63.0 Å². The molecule has 0 saturated heterocycles. The molecular formula is C8H5BrN2O2. The zero-order valence-corrected chi connectivity index (χ0v) is 8.33. The third kappa shape index (κ3) is 1.84. The summed E-state index contributed by atoms with van der Waals surface area (Å²) in [5.41, 5.74) is 0.469. The average molecular weight is 241 g/mol. The van der Waals surface area contributed by atoms with Crippen molar-refractivity contribution in [2.24, 2.45) is 0 Å². The molecule has 1 heterocycles. The van der Waals surface area contributed by atoms with Crippen LogP contribution < -0.4 is 0 Å². The fourth-order valence-electron chi connectivity index (χ4n) is 0.789. The first-order valence-corrected chi connectivity index (χ1v) is 4.13. The predicted octanol–water partition coefficient (Wildman–Crippen LogP) is 1.50. The molecule has 5 heteroatoms. The highest BCUT2D eigenvalue weighted by Gasteiger charge is 2.13. The maximum absolute atomic E-state index is 11.1. The number of methoxy groups -OCH3 is 1. The van der Waals surface area contributed by atoms with Crippen molar-refractivity contribution >= 4 is 21.9 Å². The second-order valence-corrected chi connectivity index (χ2v) is 2.92. The molecule has 0 atom stereocenters. The smallest absolute Gasteiger partial charge is 0.339 e. The van der Waals surface area contributed by atoms with E-state index in [2.05, 4.69) is 25.7 Å². The van der Waals surface area contributed by atoms with Gasteiger partial charge in [0, 0.05) is 6.20 Å². The Morgan fingerprint density at radius 2 is 2.46 bits per heavy atom. The van der Waals surface area contributed by atoms with E-state index in [1.54, 1.807) is 0 Å². The molecule has 0 aliphatic rings. The van der Waals surface area contributed by atoms with Crippen molar-refractivity contribution in [3.05, 3.63) is 28.0 Å². The monoisotopic (exact) mass is 240 g/mol. The minimum absolute atomic E-state index is 0.169. The van der Waals surface area contributed by atoms with Crippen LogP contribution in [0, 0.1) is 11.3 Å². The molecule has 0 spiro atoms. The number of carbonyl (C=O) groups is 1.